The zero-order valence-corrected chi connectivity index (χ0v) is 16.4. The van der Waals surface area contributed by atoms with Gasteiger partial charge in [-0.05, 0) is 31.4 Å². The molecule has 0 spiro atoms. The maximum atomic E-state index is 12.6. The maximum absolute atomic E-state index is 12.6. The van der Waals surface area contributed by atoms with Crippen molar-refractivity contribution in [1.29, 1.82) is 0 Å². The van der Waals surface area contributed by atoms with Gasteiger partial charge in [0.15, 0.2) is 0 Å². The molecule has 0 heterocycles. The number of hydrogen-bond donors (Lipinski definition) is 1. The van der Waals surface area contributed by atoms with E-state index in [1.807, 2.05) is 24.3 Å². The SMILES string of the molecule is CCOC(=O)C(Cc1ccccc1CCBr)(NC(C)=O)C(=O)OCC. The number of esters is 2. The Hall–Kier alpha value is -1.89. The number of aryl methyl sites for hydroxylation is 1. The molecule has 25 heavy (non-hydrogen) atoms. The Balaban J connectivity index is 3.39. The Kier molecular flexibility index (Phi) is 8.61. The molecule has 1 aromatic rings. The molecule has 0 saturated heterocycles. The van der Waals surface area contributed by atoms with E-state index in [1.165, 1.54) is 6.92 Å². The monoisotopic (exact) mass is 413 g/mol. The second-order valence-corrected chi connectivity index (χ2v) is 6.20. The van der Waals surface area contributed by atoms with Gasteiger partial charge in [0.05, 0.1) is 13.2 Å². The van der Waals surface area contributed by atoms with Gasteiger partial charge in [-0.3, -0.25) is 4.79 Å². The van der Waals surface area contributed by atoms with Crippen molar-refractivity contribution in [2.24, 2.45) is 0 Å². The van der Waals surface area contributed by atoms with Gasteiger partial charge in [0, 0.05) is 18.7 Å². The average Bonchev–Trinajstić information content (AvgIpc) is 2.56. The summed E-state index contributed by atoms with van der Waals surface area (Å²) in [4.78, 5) is 37.0. The molecule has 0 aromatic heterocycles. The predicted octanol–water partition coefficient (Wildman–Crippen LogP) is 2.17. The number of amides is 1. The summed E-state index contributed by atoms with van der Waals surface area (Å²) in [5, 5.41) is 3.21. The van der Waals surface area contributed by atoms with Gasteiger partial charge in [-0.15, -0.1) is 0 Å². The number of benzene rings is 1. The van der Waals surface area contributed by atoms with Crippen LogP contribution in [0.2, 0.25) is 0 Å². The molecule has 0 unspecified atom stereocenters. The van der Waals surface area contributed by atoms with Gasteiger partial charge in [-0.25, -0.2) is 9.59 Å². The highest BCUT2D eigenvalue weighted by Gasteiger charge is 2.50. The zero-order chi connectivity index (χ0) is 18.9. The summed E-state index contributed by atoms with van der Waals surface area (Å²) < 4.78 is 10.2. The van der Waals surface area contributed by atoms with Crippen LogP contribution in [-0.2, 0) is 36.7 Å². The number of nitrogens with one attached hydrogen (secondary N) is 1. The Labute approximate surface area is 156 Å². The summed E-state index contributed by atoms with van der Waals surface area (Å²) in [6.45, 7) is 4.70. The number of hydrogen-bond acceptors (Lipinski definition) is 5. The molecule has 0 aliphatic heterocycles. The molecule has 138 valence electrons. The van der Waals surface area contributed by atoms with Crippen LogP contribution in [0.3, 0.4) is 0 Å². The lowest BCUT2D eigenvalue weighted by molar-refractivity contribution is -0.168. The van der Waals surface area contributed by atoms with E-state index in [9.17, 15) is 14.4 Å². The van der Waals surface area contributed by atoms with E-state index in [2.05, 4.69) is 21.2 Å². The van der Waals surface area contributed by atoms with Crippen LogP contribution in [0.1, 0.15) is 31.9 Å². The van der Waals surface area contributed by atoms with E-state index in [0.29, 0.717) is 0 Å². The first-order valence-electron chi connectivity index (χ1n) is 8.17. The van der Waals surface area contributed by atoms with Gasteiger partial charge >= 0.3 is 11.9 Å². The normalized spacial score (nSPS) is 10.9. The average molecular weight is 414 g/mol. The van der Waals surface area contributed by atoms with Crippen LogP contribution >= 0.6 is 15.9 Å². The molecule has 0 fully saturated rings. The van der Waals surface area contributed by atoms with Crippen LogP contribution in [0, 0.1) is 0 Å². The number of rotatable bonds is 9. The number of carbonyl (C=O) groups excluding carboxylic acids is 3. The van der Waals surface area contributed by atoms with Gasteiger partial charge in [-0.1, -0.05) is 40.2 Å². The number of ether oxygens (including phenoxy) is 2. The van der Waals surface area contributed by atoms with E-state index < -0.39 is 23.4 Å². The number of alkyl halides is 1. The van der Waals surface area contributed by atoms with Gasteiger partial charge < -0.3 is 14.8 Å². The van der Waals surface area contributed by atoms with Crippen molar-refractivity contribution >= 4 is 33.8 Å². The third kappa shape index (κ3) is 5.56. The maximum Gasteiger partial charge on any atom is 0.344 e. The summed E-state index contributed by atoms with van der Waals surface area (Å²) in [5.41, 5.74) is -0.153. The Bertz CT molecular complexity index is 599. The highest BCUT2D eigenvalue weighted by Crippen LogP contribution is 2.22. The fourth-order valence-corrected chi connectivity index (χ4v) is 2.97. The standard InChI is InChI=1S/C18H24BrNO5/c1-4-24-16(22)18(20-13(3)21,17(23)25-5-2)12-15-9-7-6-8-14(15)10-11-19/h6-9H,4-5,10-12H2,1-3H3,(H,20,21). The first-order chi connectivity index (χ1) is 11.9. The number of carbonyl (C=O) groups is 3. The molecule has 0 atom stereocenters. The second-order valence-electron chi connectivity index (χ2n) is 5.41. The Morgan fingerprint density at radius 2 is 1.56 bits per heavy atom. The summed E-state index contributed by atoms with van der Waals surface area (Å²) in [7, 11) is 0. The Morgan fingerprint density at radius 3 is 2.00 bits per heavy atom. The summed E-state index contributed by atoms with van der Waals surface area (Å²) in [6.07, 6.45) is 0.686. The van der Waals surface area contributed by atoms with Crippen molar-refractivity contribution in [2.45, 2.75) is 39.2 Å². The quantitative estimate of drug-likeness (QED) is 0.381. The van der Waals surface area contributed by atoms with Gasteiger partial charge in [0.25, 0.3) is 0 Å². The van der Waals surface area contributed by atoms with E-state index in [4.69, 9.17) is 9.47 Å². The lowest BCUT2D eigenvalue weighted by atomic mass is 9.87. The molecule has 0 bridgehead atoms. The zero-order valence-electron chi connectivity index (χ0n) is 14.8. The molecular formula is C18H24BrNO5. The van der Waals surface area contributed by atoms with Crippen LogP contribution in [0.4, 0.5) is 0 Å². The lowest BCUT2D eigenvalue weighted by Crippen LogP contribution is -2.62. The van der Waals surface area contributed by atoms with Crippen molar-refractivity contribution in [1.82, 2.24) is 5.32 Å². The molecule has 0 saturated carbocycles. The largest absolute Gasteiger partial charge is 0.464 e. The van der Waals surface area contributed by atoms with Crippen LogP contribution in [0.25, 0.3) is 0 Å². The lowest BCUT2D eigenvalue weighted by Gasteiger charge is -2.30. The van der Waals surface area contributed by atoms with E-state index >= 15 is 0 Å². The molecule has 0 radical (unpaired) electrons. The van der Waals surface area contributed by atoms with E-state index in [-0.39, 0.29) is 19.6 Å². The van der Waals surface area contributed by atoms with Crippen LogP contribution < -0.4 is 5.32 Å². The molecule has 7 heteroatoms. The van der Waals surface area contributed by atoms with Crippen LogP contribution in [0.15, 0.2) is 24.3 Å². The molecule has 1 N–H and O–H groups in total. The van der Waals surface area contributed by atoms with Crippen molar-refractivity contribution in [3.8, 4) is 0 Å². The third-order valence-electron chi connectivity index (χ3n) is 3.58. The van der Waals surface area contributed by atoms with Gasteiger partial charge in [0.1, 0.15) is 0 Å². The molecule has 0 aliphatic carbocycles. The first-order valence-corrected chi connectivity index (χ1v) is 9.29. The van der Waals surface area contributed by atoms with Gasteiger partial charge in [0.2, 0.25) is 11.4 Å². The minimum absolute atomic E-state index is 0.0343. The summed E-state index contributed by atoms with van der Waals surface area (Å²) in [5.74, 6) is -2.16. The topological polar surface area (TPSA) is 81.7 Å². The summed E-state index contributed by atoms with van der Waals surface area (Å²) >= 11 is 3.39. The highest BCUT2D eigenvalue weighted by atomic mass is 79.9. The summed E-state index contributed by atoms with van der Waals surface area (Å²) in [6, 6.07) is 7.46. The molecule has 1 rings (SSSR count). The fourth-order valence-electron chi connectivity index (χ4n) is 2.54. The van der Waals surface area contributed by atoms with Crippen molar-refractivity contribution in [3.05, 3.63) is 35.4 Å². The molecule has 1 amide bonds. The minimum atomic E-state index is -1.90. The fraction of sp³-hybridized carbons (Fsp3) is 0.500. The van der Waals surface area contributed by atoms with Crippen molar-refractivity contribution in [2.75, 3.05) is 18.5 Å². The Morgan fingerprint density at radius 1 is 1.04 bits per heavy atom. The molecule has 0 aliphatic rings. The van der Waals surface area contributed by atoms with Gasteiger partial charge in [-0.2, -0.15) is 0 Å². The van der Waals surface area contributed by atoms with E-state index in [0.717, 1.165) is 22.9 Å². The van der Waals surface area contributed by atoms with Crippen LogP contribution in [-0.4, -0.2) is 41.9 Å². The number of halogens is 1. The predicted molar refractivity (Wildman–Crippen MR) is 97.5 cm³/mol. The van der Waals surface area contributed by atoms with E-state index in [1.54, 1.807) is 13.8 Å². The van der Waals surface area contributed by atoms with Crippen LogP contribution in [0.5, 0.6) is 0 Å². The molecule has 6 nitrogen and oxygen atoms in total. The van der Waals surface area contributed by atoms with Crippen molar-refractivity contribution in [3.63, 3.8) is 0 Å². The minimum Gasteiger partial charge on any atom is -0.464 e. The van der Waals surface area contributed by atoms with Crippen molar-refractivity contribution < 1.29 is 23.9 Å². The highest BCUT2D eigenvalue weighted by molar-refractivity contribution is 9.09. The third-order valence-corrected chi connectivity index (χ3v) is 3.97. The first kappa shape index (κ1) is 21.2. The molecule has 1 aromatic carbocycles. The molecular weight excluding hydrogens is 390 g/mol. The second kappa shape index (κ2) is 10.2. The smallest absolute Gasteiger partial charge is 0.344 e.